The summed E-state index contributed by atoms with van der Waals surface area (Å²) in [6, 6.07) is 8.44. The Bertz CT molecular complexity index is 1350. The first-order chi connectivity index (χ1) is 15.8. The molecule has 0 saturated heterocycles. The van der Waals surface area contributed by atoms with Crippen molar-refractivity contribution in [2.24, 2.45) is 0 Å². The van der Waals surface area contributed by atoms with Crippen molar-refractivity contribution in [2.75, 3.05) is 0 Å². The molecule has 0 atom stereocenters. The largest absolute Gasteiger partial charge is 0.301 e. The van der Waals surface area contributed by atoms with Gasteiger partial charge in [0.15, 0.2) is 16.8 Å². The molecule has 2 aromatic carbocycles. The Hall–Kier alpha value is -3.40. The maximum atomic E-state index is 13.6. The van der Waals surface area contributed by atoms with E-state index in [1.54, 1.807) is 13.0 Å². The third kappa shape index (κ3) is 5.33. The Morgan fingerprint density at radius 1 is 0.970 bits per heavy atom. The fourth-order valence-corrected chi connectivity index (χ4v) is 4.17. The van der Waals surface area contributed by atoms with Gasteiger partial charge in [0.1, 0.15) is 11.6 Å². The van der Waals surface area contributed by atoms with Crippen LogP contribution in [0.1, 0.15) is 29.4 Å². The van der Waals surface area contributed by atoms with E-state index in [9.17, 15) is 22.4 Å². The highest BCUT2D eigenvalue weighted by Crippen LogP contribution is 2.24. The number of nitrogens with one attached hydrogen (secondary N) is 2. The van der Waals surface area contributed by atoms with E-state index < -0.39 is 23.3 Å². The summed E-state index contributed by atoms with van der Waals surface area (Å²) < 4.78 is 53.8. The summed E-state index contributed by atoms with van der Waals surface area (Å²) in [7, 11) is 0. The molecule has 0 spiro atoms. The van der Waals surface area contributed by atoms with Gasteiger partial charge in [0.05, 0.1) is 17.1 Å². The number of benzene rings is 2. The third-order valence-electron chi connectivity index (χ3n) is 4.95. The van der Waals surface area contributed by atoms with Gasteiger partial charge in [-0.1, -0.05) is 18.7 Å². The fourth-order valence-electron chi connectivity index (χ4n) is 3.40. The smallest absolute Gasteiger partial charge is 0.254 e. The van der Waals surface area contributed by atoms with Crippen molar-refractivity contribution in [1.82, 2.24) is 20.2 Å². The molecular weight excluding hydrogens is 456 g/mol. The van der Waals surface area contributed by atoms with E-state index in [4.69, 9.17) is 0 Å². The molecule has 10 heteroatoms. The molecule has 0 aliphatic carbocycles. The minimum atomic E-state index is -0.957. The first kappa shape index (κ1) is 22.8. The van der Waals surface area contributed by atoms with Gasteiger partial charge in [-0.05, 0) is 48.4 Å². The van der Waals surface area contributed by atoms with E-state index in [-0.39, 0.29) is 12.0 Å². The Morgan fingerprint density at radius 3 is 2.42 bits per heavy atom. The highest BCUT2D eigenvalue weighted by Gasteiger charge is 2.14. The Labute approximate surface area is 190 Å². The zero-order valence-corrected chi connectivity index (χ0v) is 18.2. The summed E-state index contributed by atoms with van der Waals surface area (Å²) in [4.78, 5) is 19.7. The van der Waals surface area contributed by atoms with Crippen LogP contribution in [0, 0.1) is 23.3 Å². The van der Waals surface area contributed by atoms with Crippen LogP contribution in [0.4, 0.5) is 17.6 Å². The van der Waals surface area contributed by atoms with Gasteiger partial charge < -0.3 is 4.98 Å². The Balaban J connectivity index is 1.53. The number of aromatic nitrogens is 4. The summed E-state index contributed by atoms with van der Waals surface area (Å²) in [5.41, 5.74) is 2.52. The molecule has 0 aliphatic rings. The minimum Gasteiger partial charge on any atom is -0.301 e. The summed E-state index contributed by atoms with van der Waals surface area (Å²) >= 11 is 1.22. The van der Waals surface area contributed by atoms with Gasteiger partial charge in [0.2, 0.25) is 0 Å². The second kappa shape index (κ2) is 9.62. The normalized spacial score (nSPS) is 11.2. The maximum Gasteiger partial charge on any atom is 0.254 e. The molecule has 4 rings (SSSR count). The minimum absolute atomic E-state index is 0.109. The number of hydrogen-bond acceptors (Lipinski definition) is 4. The molecule has 2 heterocycles. The number of aromatic amines is 2. The van der Waals surface area contributed by atoms with Gasteiger partial charge in [-0.3, -0.25) is 9.89 Å². The SMILES string of the molecule is CCc1c(Cc2cc(F)cc(F)c2)nc(SCc2cc(-c3ccc(F)c(F)c3)[nH]n2)[nH]c1=O. The third-order valence-corrected chi connectivity index (χ3v) is 5.85. The number of H-pyrrole nitrogens is 2. The van der Waals surface area contributed by atoms with Gasteiger partial charge in [0, 0.05) is 29.4 Å². The molecule has 0 aliphatic heterocycles. The van der Waals surface area contributed by atoms with E-state index >= 15 is 0 Å². The van der Waals surface area contributed by atoms with Crippen LogP contribution in [0.15, 0.2) is 52.4 Å². The lowest BCUT2D eigenvalue weighted by Crippen LogP contribution is -2.18. The van der Waals surface area contributed by atoms with Crippen molar-refractivity contribution >= 4 is 11.8 Å². The molecule has 170 valence electrons. The van der Waals surface area contributed by atoms with Crippen molar-refractivity contribution in [3.05, 3.63) is 98.6 Å². The van der Waals surface area contributed by atoms with Crippen LogP contribution in [-0.2, 0) is 18.6 Å². The topological polar surface area (TPSA) is 74.4 Å². The zero-order valence-electron chi connectivity index (χ0n) is 17.4. The lowest BCUT2D eigenvalue weighted by Gasteiger charge is -2.09. The molecular formula is C23H18F4N4OS. The van der Waals surface area contributed by atoms with Crippen LogP contribution >= 0.6 is 11.8 Å². The van der Waals surface area contributed by atoms with Crippen LogP contribution in [0.5, 0.6) is 0 Å². The summed E-state index contributed by atoms with van der Waals surface area (Å²) in [6.07, 6.45) is 0.523. The zero-order chi connectivity index (χ0) is 23.5. The molecule has 0 unspecified atom stereocenters. The average Bonchev–Trinajstić information content (AvgIpc) is 3.22. The molecule has 2 N–H and O–H groups in total. The number of hydrogen-bond donors (Lipinski definition) is 2. The van der Waals surface area contributed by atoms with Gasteiger partial charge in [0.25, 0.3) is 5.56 Å². The lowest BCUT2D eigenvalue weighted by atomic mass is 10.0. The highest BCUT2D eigenvalue weighted by molar-refractivity contribution is 7.98. The van der Waals surface area contributed by atoms with Crippen molar-refractivity contribution in [3.8, 4) is 11.3 Å². The van der Waals surface area contributed by atoms with Crippen LogP contribution < -0.4 is 5.56 Å². The predicted molar refractivity (Wildman–Crippen MR) is 117 cm³/mol. The quantitative estimate of drug-likeness (QED) is 0.220. The number of thioether (sulfide) groups is 1. The average molecular weight is 474 g/mol. The first-order valence-corrected chi connectivity index (χ1v) is 11.0. The van der Waals surface area contributed by atoms with Crippen molar-refractivity contribution in [3.63, 3.8) is 0 Å². The van der Waals surface area contributed by atoms with Crippen molar-refractivity contribution in [2.45, 2.75) is 30.7 Å². The van der Waals surface area contributed by atoms with Crippen LogP contribution in [0.25, 0.3) is 11.3 Å². The number of halogens is 4. The van der Waals surface area contributed by atoms with Crippen molar-refractivity contribution in [1.29, 1.82) is 0 Å². The predicted octanol–water partition coefficient (Wildman–Crippen LogP) is 5.16. The standard InChI is InChI=1S/C23H18F4N4OS/c1-2-17-21(7-12-5-14(24)9-15(25)6-12)28-23(29-22(17)32)33-11-16-10-20(31-30-16)13-3-4-18(26)19(27)8-13/h3-6,8-10H,2,7,11H2,1H3,(H,30,31)(H,28,29,32). The van der Waals surface area contributed by atoms with E-state index in [0.29, 0.717) is 51.1 Å². The molecule has 0 saturated carbocycles. The van der Waals surface area contributed by atoms with E-state index in [1.807, 2.05) is 0 Å². The Morgan fingerprint density at radius 2 is 1.73 bits per heavy atom. The van der Waals surface area contributed by atoms with E-state index in [2.05, 4.69) is 20.2 Å². The summed E-state index contributed by atoms with van der Waals surface area (Å²) in [5.74, 6) is -2.95. The van der Waals surface area contributed by atoms with Crippen LogP contribution in [-0.4, -0.2) is 20.2 Å². The number of rotatable bonds is 7. The summed E-state index contributed by atoms with van der Waals surface area (Å²) in [5, 5.41) is 7.27. The van der Waals surface area contributed by atoms with Crippen molar-refractivity contribution < 1.29 is 17.6 Å². The van der Waals surface area contributed by atoms with Crippen LogP contribution in [0.3, 0.4) is 0 Å². The van der Waals surface area contributed by atoms with Gasteiger partial charge in [-0.2, -0.15) is 5.10 Å². The van der Waals surface area contributed by atoms with E-state index in [0.717, 1.165) is 18.2 Å². The summed E-state index contributed by atoms with van der Waals surface area (Å²) in [6.45, 7) is 1.80. The fraction of sp³-hybridized carbons (Fsp3) is 0.174. The molecule has 0 amide bonds. The molecule has 0 fully saturated rings. The van der Waals surface area contributed by atoms with Gasteiger partial charge >= 0.3 is 0 Å². The van der Waals surface area contributed by atoms with Gasteiger partial charge in [-0.25, -0.2) is 22.5 Å². The molecule has 4 aromatic rings. The molecule has 33 heavy (non-hydrogen) atoms. The lowest BCUT2D eigenvalue weighted by molar-refractivity contribution is 0.509. The molecule has 2 aromatic heterocycles. The monoisotopic (exact) mass is 474 g/mol. The number of nitrogens with zero attached hydrogens (tertiary/aromatic N) is 2. The Kier molecular flexibility index (Phi) is 6.64. The van der Waals surface area contributed by atoms with E-state index in [1.165, 1.54) is 30.0 Å². The second-order valence-corrected chi connectivity index (χ2v) is 8.26. The second-order valence-electron chi connectivity index (χ2n) is 7.29. The molecule has 0 radical (unpaired) electrons. The highest BCUT2D eigenvalue weighted by atomic mass is 32.2. The molecule has 0 bridgehead atoms. The van der Waals surface area contributed by atoms with Crippen LogP contribution in [0.2, 0.25) is 0 Å². The van der Waals surface area contributed by atoms with Gasteiger partial charge in [-0.15, -0.1) is 0 Å². The first-order valence-electron chi connectivity index (χ1n) is 10.0. The maximum absolute atomic E-state index is 13.6. The molecule has 5 nitrogen and oxygen atoms in total.